The largest absolute Gasteiger partial charge is 0.370 e. The molecule has 7 nitrogen and oxygen atoms in total. The third-order valence-corrected chi connectivity index (χ3v) is 7.24. The molecule has 1 aromatic heterocycles. The van der Waals surface area contributed by atoms with Crippen LogP contribution in [0.4, 0.5) is 0 Å². The van der Waals surface area contributed by atoms with Gasteiger partial charge in [0.05, 0.1) is 11.3 Å². The number of unbranched alkanes of at least 4 members (excludes halogenated alkanes) is 1. The maximum absolute atomic E-state index is 14.2. The van der Waals surface area contributed by atoms with Crippen LogP contribution in [0.2, 0.25) is 0 Å². The van der Waals surface area contributed by atoms with E-state index in [1.54, 1.807) is 0 Å². The molecule has 0 aliphatic heterocycles. The molecule has 0 unspecified atom stereocenters. The number of primary amides is 1. The van der Waals surface area contributed by atoms with E-state index in [-0.39, 0.29) is 17.9 Å². The lowest BCUT2D eigenvalue weighted by Gasteiger charge is -2.35. The fourth-order valence-electron chi connectivity index (χ4n) is 4.79. The van der Waals surface area contributed by atoms with Gasteiger partial charge in [-0.05, 0) is 70.8 Å². The topological polar surface area (TPSA) is 88.6 Å². The Balaban J connectivity index is 0.000000801. The molecule has 2 N–H and O–H groups in total. The second kappa shape index (κ2) is 20.2. The van der Waals surface area contributed by atoms with Crippen LogP contribution < -0.4 is 5.73 Å². The Kier molecular flexibility index (Phi) is 17.6. The van der Waals surface area contributed by atoms with E-state index in [0.717, 1.165) is 60.4 Å². The van der Waals surface area contributed by atoms with Crippen LogP contribution >= 0.6 is 0 Å². The van der Waals surface area contributed by atoms with Crippen LogP contribution in [0, 0.1) is 6.92 Å². The molecule has 0 bridgehead atoms. The molecule has 3 aromatic rings. The Morgan fingerprint density at radius 1 is 0.977 bits per heavy atom. The number of para-hydroxylation sites is 1. The Labute approximate surface area is 260 Å². The number of aldehydes is 1. The smallest absolute Gasteiger partial charge is 0.256 e. The first-order valence-corrected chi connectivity index (χ1v) is 15.7. The summed E-state index contributed by atoms with van der Waals surface area (Å²) in [6.45, 7) is 16.5. The molecule has 1 atom stereocenters. The van der Waals surface area contributed by atoms with Gasteiger partial charge in [-0.15, -0.1) is 0 Å². The van der Waals surface area contributed by atoms with Crippen molar-refractivity contribution in [2.75, 3.05) is 20.1 Å². The number of carbonyl (C=O) groups excluding carboxylic acids is 3. The number of amides is 2. The van der Waals surface area contributed by atoms with Crippen molar-refractivity contribution in [3.8, 4) is 16.9 Å². The van der Waals surface area contributed by atoms with Gasteiger partial charge in [-0.3, -0.25) is 9.59 Å². The highest BCUT2D eigenvalue weighted by Gasteiger charge is 2.29. The average Bonchev–Trinajstić information content (AvgIpc) is 3.37. The van der Waals surface area contributed by atoms with Crippen LogP contribution in [-0.2, 0) is 9.59 Å². The molecule has 2 amide bonds. The standard InChI is InChI=1S/C29H39N3O.C5H9NO2.C2H6/c1-7-19-31(25(8-2)21-30(6)22(3)4)29(33)27-20-23(5)32(26-17-13-10-14-18-26)28(27)24-15-11-9-12-16-24;6-5(8)3-1-2-4-7;1-2/h9-18,20,22,25H,7-8,19,21H2,1-6H3;4H,1-3H2,(H2,6,8);1-2H3/t25-;;/m0../s1. The van der Waals surface area contributed by atoms with Gasteiger partial charge in [-0.1, -0.05) is 76.2 Å². The van der Waals surface area contributed by atoms with Gasteiger partial charge in [0.2, 0.25) is 5.91 Å². The van der Waals surface area contributed by atoms with Crippen LogP contribution in [-0.4, -0.2) is 64.7 Å². The van der Waals surface area contributed by atoms with Crippen molar-refractivity contribution in [3.05, 3.63) is 78.0 Å². The third kappa shape index (κ3) is 11.5. The van der Waals surface area contributed by atoms with Gasteiger partial charge in [-0.25, -0.2) is 0 Å². The second-order valence-electron chi connectivity index (χ2n) is 10.7. The SMILES string of the molecule is CC.CCCN(C(=O)c1cc(C)n(-c2ccccc2)c1-c1ccccc1)[C@@H](CC)CN(C)C(C)C.NC(=O)CCCC=O. The number of likely N-dealkylation sites (N-methyl/N-ethyl adjacent to an activating group) is 1. The zero-order valence-electron chi connectivity index (χ0n) is 27.7. The first kappa shape index (κ1) is 37.3. The number of benzene rings is 2. The number of rotatable bonds is 14. The van der Waals surface area contributed by atoms with Gasteiger partial charge in [0.1, 0.15) is 6.29 Å². The fourth-order valence-corrected chi connectivity index (χ4v) is 4.79. The highest BCUT2D eigenvalue weighted by molar-refractivity contribution is 6.01. The summed E-state index contributed by atoms with van der Waals surface area (Å²) in [7, 11) is 2.15. The summed E-state index contributed by atoms with van der Waals surface area (Å²) >= 11 is 0. The predicted octanol–water partition coefficient (Wildman–Crippen LogP) is 7.29. The van der Waals surface area contributed by atoms with Gasteiger partial charge in [0.15, 0.2) is 0 Å². The molecular formula is C36H54N4O3. The van der Waals surface area contributed by atoms with Crippen molar-refractivity contribution >= 4 is 18.1 Å². The van der Waals surface area contributed by atoms with Crippen LogP contribution in [0.5, 0.6) is 0 Å². The summed E-state index contributed by atoms with van der Waals surface area (Å²) in [5.41, 5.74) is 9.72. The quantitative estimate of drug-likeness (QED) is 0.158. The van der Waals surface area contributed by atoms with Gasteiger partial charge >= 0.3 is 0 Å². The maximum atomic E-state index is 14.2. The molecule has 2 aromatic carbocycles. The summed E-state index contributed by atoms with van der Waals surface area (Å²) in [4.78, 5) is 38.2. The fraction of sp³-hybridized carbons (Fsp3) is 0.472. The van der Waals surface area contributed by atoms with E-state index < -0.39 is 0 Å². The molecular weight excluding hydrogens is 536 g/mol. The van der Waals surface area contributed by atoms with Gasteiger partial charge in [0, 0.05) is 49.4 Å². The predicted molar refractivity (Wildman–Crippen MR) is 180 cm³/mol. The van der Waals surface area contributed by atoms with Crippen LogP contribution in [0.1, 0.15) is 89.7 Å². The number of aromatic nitrogens is 1. The number of nitrogens with zero attached hydrogens (tertiary/aromatic N) is 3. The Morgan fingerprint density at radius 3 is 2.05 bits per heavy atom. The molecule has 7 heteroatoms. The molecule has 3 rings (SSSR count). The number of carbonyl (C=O) groups is 3. The highest BCUT2D eigenvalue weighted by atomic mass is 16.2. The first-order valence-electron chi connectivity index (χ1n) is 15.7. The molecule has 0 saturated carbocycles. The van der Waals surface area contributed by atoms with E-state index in [1.807, 2.05) is 50.2 Å². The van der Waals surface area contributed by atoms with E-state index in [0.29, 0.717) is 25.3 Å². The number of hydrogen-bond donors (Lipinski definition) is 1. The molecule has 1 heterocycles. The van der Waals surface area contributed by atoms with Gasteiger partial charge in [0.25, 0.3) is 5.91 Å². The van der Waals surface area contributed by atoms with Crippen LogP contribution in [0.25, 0.3) is 16.9 Å². The first-order chi connectivity index (χ1) is 20.7. The minimum absolute atomic E-state index is 0.123. The average molecular weight is 591 g/mol. The maximum Gasteiger partial charge on any atom is 0.256 e. The zero-order chi connectivity index (χ0) is 32.4. The van der Waals surface area contributed by atoms with E-state index in [1.165, 1.54) is 0 Å². The highest BCUT2D eigenvalue weighted by Crippen LogP contribution is 2.32. The van der Waals surface area contributed by atoms with Crippen molar-refractivity contribution in [2.45, 2.75) is 92.7 Å². The van der Waals surface area contributed by atoms with Crippen molar-refractivity contribution in [1.82, 2.24) is 14.4 Å². The molecule has 0 fully saturated rings. The van der Waals surface area contributed by atoms with Gasteiger partial charge < -0.3 is 24.9 Å². The molecule has 43 heavy (non-hydrogen) atoms. The van der Waals surface area contributed by atoms with E-state index >= 15 is 0 Å². The Bertz CT molecular complexity index is 1220. The lowest BCUT2D eigenvalue weighted by Crippen LogP contribution is -2.47. The monoisotopic (exact) mass is 590 g/mol. The number of aryl methyl sites for hydroxylation is 1. The molecule has 236 valence electrons. The molecule has 0 aliphatic carbocycles. The van der Waals surface area contributed by atoms with Gasteiger partial charge in [-0.2, -0.15) is 0 Å². The van der Waals surface area contributed by atoms with Crippen LogP contribution in [0.3, 0.4) is 0 Å². The summed E-state index contributed by atoms with van der Waals surface area (Å²) in [6.07, 6.45) is 3.98. The Hall–Kier alpha value is -3.71. The minimum atomic E-state index is -0.341. The zero-order valence-corrected chi connectivity index (χ0v) is 27.7. The Morgan fingerprint density at radius 2 is 1.56 bits per heavy atom. The number of nitrogens with two attached hydrogens (primary N) is 1. The second-order valence-corrected chi connectivity index (χ2v) is 10.7. The van der Waals surface area contributed by atoms with E-state index in [4.69, 9.17) is 5.73 Å². The van der Waals surface area contributed by atoms with Crippen molar-refractivity contribution in [2.24, 2.45) is 5.73 Å². The normalized spacial score (nSPS) is 11.2. The minimum Gasteiger partial charge on any atom is -0.370 e. The molecule has 0 aliphatic rings. The summed E-state index contributed by atoms with van der Waals surface area (Å²) in [5, 5.41) is 0. The van der Waals surface area contributed by atoms with E-state index in [9.17, 15) is 14.4 Å². The van der Waals surface area contributed by atoms with Crippen LogP contribution in [0.15, 0.2) is 66.7 Å². The lowest BCUT2D eigenvalue weighted by atomic mass is 10.0. The third-order valence-electron chi connectivity index (χ3n) is 7.24. The molecule has 0 spiro atoms. The lowest BCUT2D eigenvalue weighted by molar-refractivity contribution is -0.118. The summed E-state index contributed by atoms with van der Waals surface area (Å²) in [6, 6.07) is 23.3. The summed E-state index contributed by atoms with van der Waals surface area (Å²) < 4.78 is 2.22. The summed E-state index contributed by atoms with van der Waals surface area (Å²) in [5.74, 6) is -0.218. The van der Waals surface area contributed by atoms with Crippen molar-refractivity contribution in [3.63, 3.8) is 0 Å². The van der Waals surface area contributed by atoms with E-state index in [2.05, 4.69) is 86.4 Å². The number of hydrogen-bond acceptors (Lipinski definition) is 4. The van der Waals surface area contributed by atoms with Crippen molar-refractivity contribution in [1.29, 1.82) is 0 Å². The van der Waals surface area contributed by atoms with Crippen molar-refractivity contribution < 1.29 is 14.4 Å². The molecule has 0 radical (unpaired) electrons. The molecule has 0 saturated heterocycles.